The molecule has 0 bridgehead atoms. The average Bonchev–Trinajstić information content (AvgIpc) is 2.39. The van der Waals surface area contributed by atoms with Crippen molar-refractivity contribution in [2.24, 2.45) is 0 Å². The summed E-state index contributed by atoms with van der Waals surface area (Å²) in [6.45, 7) is 4.13. The van der Waals surface area contributed by atoms with Crippen LogP contribution < -0.4 is 5.32 Å². The molecule has 102 valence electrons. The van der Waals surface area contributed by atoms with E-state index in [1.807, 2.05) is 0 Å². The van der Waals surface area contributed by atoms with Crippen molar-refractivity contribution in [3.63, 3.8) is 0 Å². The molecular formula is C14H23NO3. The number of nitrogens with one attached hydrogen (secondary N) is 1. The number of likely N-dealkylation sites (N-methyl/N-ethyl adjacent to an activating group) is 1. The van der Waals surface area contributed by atoms with Gasteiger partial charge in [0.2, 0.25) is 0 Å². The standard InChI is InChI=1S/C14H23NO3/c1-12-3-5-13(6-4-12)7-8-17-9-10-18-11-14(16)15-2/h3-6,14-16H,7-11H2,1-2H3. The Morgan fingerprint density at radius 2 is 1.78 bits per heavy atom. The molecule has 0 spiro atoms. The van der Waals surface area contributed by atoms with Crippen molar-refractivity contribution >= 4 is 0 Å². The number of hydrogen-bond acceptors (Lipinski definition) is 4. The number of aryl methyl sites for hydroxylation is 1. The van der Waals surface area contributed by atoms with E-state index in [0.29, 0.717) is 19.8 Å². The van der Waals surface area contributed by atoms with Gasteiger partial charge in [-0.3, -0.25) is 5.32 Å². The third-order valence-corrected chi connectivity index (χ3v) is 2.64. The number of hydrogen-bond donors (Lipinski definition) is 2. The van der Waals surface area contributed by atoms with Gasteiger partial charge in [-0.25, -0.2) is 0 Å². The van der Waals surface area contributed by atoms with Crippen LogP contribution in [-0.4, -0.2) is 44.8 Å². The molecule has 18 heavy (non-hydrogen) atoms. The molecule has 2 N–H and O–H groups in total. The van der Waals surface area contributed by atoms with Gasteiger partial charge in [0.1, 0.15) is 6.23 Å². The second-order valence-corrected chi connectivity index (χ2v) is 4.23. The normalized spacial score (nSPS) is 12.6. The van der Waals surface area contributed by atoms with E-state index >= 15 is 0 Å². The lowest BCUT2D eigenvalue weighted by atomic mass is 10.1. The maximum Gasteiger partial charge on any atom is 0.128 e. The molecule has 0 saturated heterocycles. The first-order valence-corrected chi connectivity index (χ1v) is 6.28. The topological polar surface area (TPSA) is 50.7 Å². The van der Waals surface area contributed by atoms with Gasteiger partial charge in [-0.15, -0.1) is 0 Å². The lowest BCUT2D eigenvalue weighted by Gasteiger charge is -2.10. The Kier molecular flexibility index (Phi) is 7.60. The summed E-state index contributed by atoms with van der Waals surface area (Å²) in [6.07, 6.45) is 0.317. The first-order chi connectivity index (χ1) is 8.72. The minimum Gasteiger partial charge on any atom is -0.379 e. The second-order valence-electron chi connectivity index (χ2n) is 4.23. The van der Waals surface area contributed by atoms with E-state index in [9.17, 15) is 0 Å². The molecule has 0 heterocycles. The lowest BCUT2D eigenvalue weighted by Crippen LogP contribution is -2.30. The molecule has 1 unspecified atom stereocenters. The number of rotatable bonds is 9. The Hall–Kier alpha value is -0.940. The summed E-state index contributed by atoms with van der Waals surface area (Å²) in [7, 11) is 1.69. The minimum atomic E-state index is -0.599. The van der Waals surface area contributed by atoms with Crippen LogP contribution in [0.15, 0.2) is 24.3 Å². The maximum absolute atomic E-state index is 9.15. The van der Waals surface area contributed by atoms with E-state index in [1.165, 1.54) is 11.1 Å². The highest BCUT2D eigenvalue weighted by molar-refractivity contribution is 5.21. The summed E-state index contributed by atoms with van der Waals surface area (Å²) in [5, 5.41) is 11.8. The molecule has 0 saturated carbocycles. The highest BCUT2D eigenvalue weighted by Crippen LogP contribution is 2.03. The van der Waals surface area contributed by atoms with Crippen LogP contribution in [0.3, 0.4) is 0 Å². The predicted molar refractivity (Wildman–Crippen MR) is 71.6 cm³/mol. The van der Waals surface area contributed by atoms with Gasteiger partial charge in [-0.2, -0.15) is 0 Å². The molecule has 1 rings (SSSR count). The van der Waals surface area contributed by atoms with Gasteiger partial charge < -0.3 is 14.6 Å². The van der Waals surface area contributed by atoms with E-state index < -0.39 is 6.23 Å². The second kappa shape index (κ2) is 9.05. The van der Waals surface area contributed by atoms with Crippen LogP contribution in [0, 0.1) is 6.92 Å². The smallest absolute Gasteiger partial charge is 0.128 e. The fraction of sp³-hybridized carbons (Fsp3) is 0.571. The van der Waals surface area contributed by atoms with Crippen molar-refractivity contribution in [2.75, 3.05) is 33.5 Å². The lowest BCUT2D eigenvalue weighted by molar-refractivity contribution is -0.00424. The van der Waals surface area contributed by atoms with Crippen LogP contribution in [0.5, 0.6) is 0 Å². The molecule has 4 heteroatoms. The minimum absolute atomic E-state index is 0.290. The molecule has 0 radical (unpaired) electrons. The zero-order chi connectivity index (χ0) is 13.2. The molecule has 1 atom stereocenters. The quantitative estimate of drug-likeness (QED) is 0.511. The monoisotopic (exact) mass is 253 g/mol. The van der Waals surface area contributed by atoms with Gasteiger partial charge in [0.05, 0.1) is 26.4 Å². The van der Waals surface area contributed by atoms with Crippen LogP contribution in [0.4, 0.5) is 0 Å². The molecule has 0 aliphatic rings. The largest absolute Gasteiger partial charge is 0.379 e. The van der Waals surface area contributed by atoms with Gasteiger partial charge in [0.25, 0.3) is 0 Å². The molecule has 0 fully saturated rings. The molecule has 0 amide bonds. The van der Waals surface area contributed by atoms with Crippen LogP contribution >= 0.6 is 0 Å². The molecule has 1 aromatic carbocycles. The fourth-order valence-electron chi connectivity index (χ4n) is 1.44. The van der Waals surface area contributed by atoms with E-state index in [2.05, 4.69) is 36.5 Å². The zero-order valence-electron chi connectivity index (χ0n) is 11.2. The van der Waals surface area contributed by atoms with Crippen molar-refractivity contribution in [3.8, 4) is 0 Å². The van der Waals surface area contributed by atoms with Crippen molar-refractivity contribution in [1.29, 1.82) is 0 Å². The first-order valence-electron chi connectivity index (χ1n) is 6.28. The maximum atomic E-state index is 9.15. The Morgan fingerprint density at radius 3 is 2.44 bits per heavy atom. The van der Waals surface area contributed by atoms with Crippen molar-refractivity contribution in [3.05, 3.63) is 35.4 Å². The molecule has 4 nitrogen and oxygen atoms in total. The summed E-state index contributed by atoms with van der Waals surface area (Å²) in [5.41, 5.74) is 2.56. The van der Waals surface area contributed by atoms with Crippen LogP contribution in [0.2, 0.25) is 0 Å². The highest BCUT2D eigenvalue weighted by atomic mass is 16.5. The third-order valence-electron chi connectivity index (χ3n) is 2.64. The molecule has 0 aromatic heterocycles. The Morgan fingerprint density at radius 1 is 1.11 bits per heavy atom. The van der Waals surface area contributed by atoms with Gasteiger partial charge in [-0.1, -0.05) is 29.8 Å². The summed E-state index contributed by atoms with van der Waals surface area (Å²) in [4.78, 5) is 0. The SMILES string of the molecule is CNC(O)COCCOCCc1ccc(C)cc1. The van der Waals surface area contributed by atoms with Crippen molar-refractivity contribution < 1.29 is 14.6 Å². The Bertz CT molecular complexity index is 313. The highest BCUT2D eigenvalue weighted by Gasteiger charge is 1.98. The fourth-order valence-corrected chi connectivity index (χ4v) is 1.44. The predicted octanol–water partition coefficient (Wildman–Crippen LogP) is 1.11. The van der Waals surface area contributed by atoms with Crippen LogP contribution in [0.25, 0.3) is 0 Å². The number of aliphatic hydroxyl groups is 1. The first kappa shape index (κ1) is 15.1. The van der Waals surface area contributed by atoms with Crippen LogP contribution in [0.1, 0.15) is 11.1 Å². The van der Waals surface area contributed by atoms with E-state index in [1.54, 1.807) is 7.05 Å². The average molecular weight is 253 g/mol. The zero-order valence-corrected chi connectivity index (χ0v) is 11.2. The number of benzene rings is 1. The van der Waals surface area contributed by atoms with E-state index in [-0.39, 0.29) is 6.61 Å². The van der Waals surface area contributed by atoms with Crippen LogP contribution in [-0.2, 0) is 15.9 Å². The van der Waals surface area contributed by atoms with Gasteiger partial charge in [-0.05, 0) is 26.0 Å². The van der Waals surface area contributed by atoms with Gasteiger partial charge in [0, 0.05) is 0 Å². The molecule has 0 aliphatic carbocycles. The summed E-state index contributed by atoms with van der Waals surface area (Å²) in [5.74, 6) is 0. The molecule has 0 aliphatic heterocycles. The van der Waals surface area contributed by atoms with Crippen molar-refractivity contribution in [1.82, 2.24) is 5.32 Å². The number of aliphatic hydroxyl groups excluding tert-OH is 1. The van der Waals surface area contributed by atoms with E-state index in [0.717, 1.165) is 6.42 Å². The van der Waals surface area contributed by atoms with Gasteiger partial charge in [0.15, 0.2) is 0 Å². The molecular weight excluding hydrogens is 230 g/mol. The number of ether oxygens (including phenoxy) is 2. The third kappa shape index (κ3) is 6.71. The Balaban J connectivity index is 1.97. The van der Waals surface area contributed by atoms with Gasteiger partial charge >= 0.3 is 0 Å². The summed E-state index contributed by atoms with van der Waals surface area (Å²) >= 11 is 0. The van der Waals surface area contributed by atoms with Crippen molar-refractivity contribution in [2.45, 2.75) is 19.6 Å². The Labute approximate surface area is 109 Å². The summed E-state index contributed by atoms with van der Waals surface area (Å²) < 4.78 is 10.7. The molecule has 1 aromatic rings. The summed E-state index contributed by atoms with van der Waals surface area (Å²) in [6, 6.07) is 8.46. The van der Waals surface area contributed by atoms with E-state index in [4.69, 9.17) is 14.6 Å².